The third-order valence-electron chi connectivity index (χ3n) is 0.204. The second-order valence-corrected chi connectivity index (χ2v) is 0.493. The third kappa shape index (κ3) is 1.92. The summed E-state index contributed by atoms with van der Waals surface area (Å²) in [6.07, 6.45) is 0. The van der Waals surface area contributed by atoms with E-state index in [-0.39, 0.29) is 0 Å². The Labute approximate surface area is 25.5 Å². The summed E-state index contributed by atoms with van der Waals surface area (Å²) in [5, 5.41) is 0. The molecular formula is C2H8NO+. The molecule has 0 aliphatic heterocycles. The Morgan fingerprint density at radius 2 is 2.25 bits per heavy atom. The highest BCUT2D eigenvalue weighted by Gasteiger charge is 1.56. The molecule has 0 radical (unpaired) electrons. The van der Waals surface area contributed by atoms with E-state index in [4.69, 9.17) is 0 Å². The topological polar surface area (TPSA) is 36.9 Å². The van der Waals surface area contributed by atoms with Gasteiger partial charge < -0.3 is 0 Å². The van der Waals surface area contributed by atoms with Crippen LogP contribution in [-0.2, 0) is 4.84 Å². The Balaban J connectivity index is 1.97. The van der Waals surface area contributed by atoms with Gasteiger partial charge in [0, 0.05) is 0 Å². The Morgan fingerprint density at radius 1 is 2.00 bits per heavy atom. The molecule has 0 unspecified atom stereocenters. The van der Waals surface area contributed by atoms with Gasteiger partial charge in [-0.15, -0.1) is 0 Å². The quantitative estimate of drug-likeness (QED) is 0.396. The fourth-order valence-corrected chi connectivity index (χ4v) is 0. The molecule has 0 aromatic heterocycles. The zero-order valence-corrected chi connectivity index (χ0v) is 2.82. The molecular weight excluding hydrogens is 54.0 g/mol. The molecule has 0 atom stereocenters. The predicted molar refractivity (Wildman–Crippen MR) is 14.5 cm³/mol. The molecule has 0 saturated heterocycles. The van der Waals surface area contributed by atoms with E-state index in [1.54, 1.807) is 0 Å². The summed E-state index contributed by atoms with van der Waals surface area (Å²) >= 11 is 0. The summed E-state index contributed by atoms with van der Waals surface area (Å²) in [4.78, 5) is 4.29. The van der Waals surface area contributed by atoms with E-state index < -0.39 is 0 Å². The molecule has 0 amide bonds. The van der Waals surface area contributed by atoms with Crippen LogP contribution in [0.1, 0.15) is 6.92 Å². The van der Waals surface area contributed by atoms with Gasteiger partial charge in [0.1, 0.15) is 6.61 Å². The molecule has 0 heterocycles. The number of rotatable bonds is 1. The van der Waals surface area contributed by atoms with Crippen LogP contribution < -0.4 is 5.90 Å². The molecule has 0 aromatic carbocycles. The van der Waals surface area contributed by atoms with Crippen molar-refractivity contribution in [3.63, 3.8) is 0 Å². The Morgan fingerprint density at radius 3 is 2.25 bits per heavy atom. The molecule has 0 spiro atoms. The van der Waals surface area contributed by atoms with Gasteiger partial charge >= 0.3 is 0 Å². The maximum Gasteiger partial charge on any atom is 0.103 e. The number of hydrogen-bond acceptors (Lipinski definition) is 1. The summed E-state index contributed by atoms with van der Waals surface area (Å²) in [6, 6.07) is 0. The van der Waals surface area contributed by atoms with Gasteiger partial charge in [0.05, 0.1) is 0 Å². The molecule has 0 aliphatic rings. The first-order chi connectivity index (χ1) is 1.91. The molecule has 0 bridgehead atoms. The van der Waals surface area contributed by atoms with Crippen molar-refractivity contribution in [3.8, 4) is 0 Å². The molecule has 2 nitrogen and oxygen atoms in total. The van der Waals surface area contributed by atoms with E-state index in [2.05, 4.69) is 10.7 Å². The lowest BCUT2D eigenvalue weighted by Crippen LogP contribution is -2.48. The van der Waals surface area contributed by atoms with Crippen molar-refractivity contribution >= 4 is 0 Å². The summed E-state index contributed by atoms with van der Waals surface area (Å²) in [5.74, 6) is 3.10. The third-order valence-corrected chi connectivity index (χ3v) is 0.204. The lowest BCUT2D eigenvalue weighted by Gasteiger charge is -1.70. The molecule has 4 heavy (non-hydrogen) atoms. The van der Waals surface area contributed by atoms with Gasteiger partial charge in [-0.05, 0) is 6.92 Å². The summed E-state index contributed by atoms with van der Waals surface area (Å²) in [5.41, 5.74) is 0. The molecule has 2 heteroatoms. The molecule has 0 aromatic rings. The SMILES string of the molecule is CCO[NH3+]. The van der Waals surface area contributed by atoms with Gasteiger partial charge in [0.15, 0.2) is 0 Å². The van der Waals surface area contributed by atoms with Crippen molar-refractivity contribution in [1.82, 2.24) is 0 Å². The Bertz CT molecular complexity index is 8.00. The highest BCUT2D eigenvalue weighted by atomic mass is 16.6. The molecule has 26 valence electrons. The van der Waals surface area contributed by atoms with Crippen molar-refractivity contribution in [2.24, 2.45) is 0 Å². The van der Waals surface area contributed by atoms with Crippen molar-refractivity contribution in [2.45, 2.75) is 6.92 Å². The molecule has 3 N–H and O–H groups in total. The minimum Gasteiger partial charge on any atom is -0.213 e. The van der Waals surface area contributed by atoms with Gasteiger partial charge in [-0.3, -0.25) is 0 Å². The average molecular weight is 62.1 g/mol. The number of hydrogen-bond donors (Lipinski definition) is 1. The van der Waals surface area contributed by atoms with Gasteiger partial charge in [-0.25, -0.2) is 10.7 Å². The fourth-order valence-electron chi connectivity index (χ4n) is 0. The Hall–Kier alpha value is -0.0800. The van der Waals surface area contributed by atoms with Crippen LogP contribution in [0.2, 0.25) is 0 Å². The molecule has 0 saturated carbocycles. The predicted octanol–water partition coefficient (Wildman–Crippen LogP) is -0.820. The standard InChI is InChI=1S/C2H8NO/c1-2-4-3/h2H2,1,3H3/q+1. The van der Waals surface area contributed by atoms with E-state index in [1.807, 2.05) is 6.92 Å². The minimum absolute atomic E-state index is 0.708. The first-order valence-corrected chi connectivity index (χ1v) is 1.28. The van der Waals surface area contributed by atoms with Gasteiger partial charge in [-0.1, -0.05) is 0 Å². The van der Waals surface area contributed by atoms with Gasteiger partial charge in [-0.2, -0.15) is 0 Å². The van der Waals surface area contributed by atoms with Crippen molar-refractivity contribution in [2.75, 3.05) is 6.61 Å². The van der Waals surface area contributed by atoms with Crippen LogP contribution in [-0.4, -0.2) is 6.61 Å². The molecule has 0 rings (SSSR count). The first kappa shape index (κ1) is 3.92. The summed E-state index contributed by atoms with van der Waals surface area (Å²) in [6.45, 7) is 2.60. The van der Waals surface area contributed by atoms with E-state index in [1.165, 1.54) is 0 Å². The van der Waals surface area contributed by atoms with Crippen molar-refractivity contribution < 1.29 is 10.7 Å². The Kier molecular flexibility index (Phi) is 2.86. The summed E-state index contributed by atoms with van der Waals surface area (Å²) < 4.78 is 0. The maximum absolute atomic E-state index is 4.29. The van der Waals surface area contributed by atoms with Crippen molar-refractivity contribution in [3.05, 3.63) is 0 Å². The fraction of sp³-hybridized carbons (Fsp3) is 1.00. The monoisotopic (exact) mass is 62.1 g/mol. The van der Waals surface area contributed by atoms with Crippen LogP contribution in [0.15, 0.2) is 0 Å². The van der Waals surface area contributed by atoms with E-state index in [0.29, 0.717) is 6.61 Å². The highest BCUT2D eigenvalue weighted by molar-refractivity contribution is 3.88. The van der Waals surface area contributed by atoms with Gasteiger partial charge in [0.25, 0.3) is 0 Å². The highest BCUT2D eigenvalue weighted by Crippen LogP contribution is 1.42. The normalized spacial score (nSPS) is 7.50. The van der Waals surface area contributed by atoms with Gasteiger partial charge in [0.2, 0.25) is 0 Å². The van der Waals surface area contributed by atoms with E-state index in [0.717, 1.165) is 0 Å². The zero-order valence-electron chi connectivity index (χ0n) is 2.82. The summed E-state index contributed by atoms with van der Waals surface area (Å²) in [7, 11) is 0. The second-order valence-electron chi connectivity index (χ2n) is 0.493. The zero-order chi connectivity index (χ0) is 3.41. The van der Waals surface area contributed by atoms with Crippen LogP contribution in [0.25, 0.3) is 0 Å². The smallest absolute Gasteiger partial charge is 0.103 e. The van der Waals surface area contributed by atoms with E-state index in [9.17, 15) is 0 Å². The van der Waals surface area contributed by atoms with Crippen LogP contribution >= 0.6 is 0 Å². The van der Waals surface area contributed by atoms with Crippen molar-refractivity contribution in [1.29, 1.82) is 0 Å². The lowest BCUT2D eigenvalue weighted by molar-refractivity contribution is -0.688. The van der Waals surface area contributed by atoms with E-state index >= 15 is 0 Å². The lowest BCUT2D eigenvalue weighted by atomic mass is 10.9. The van der Waals surface area contributed by atoms with Crippen LogP contribution in [0, 0.1) is 0 Å². The van der Waals surface area contributed by atoms with Crippen LogP contribution in [0.5, 0.6) is 0 Å². The minimum atomic E-state index is 0.708. The molecule has 0 aliphatic carbocycles. The molecule has 0 fully saturated rings. The second kappa shape index (κ2) is 2.92. The maximum atomic E-state index is 4.29. The van der Waals surface area contributed by atoms with Crippen LogP contribution in [0.4, 0.5) is 0 Å². The van der Waals surface area contributed by atoms with Crippen LogP contribution in [0.3, 0.4) is 0 Å². The average Bonchev–Trinajstić information content (AvgIpc) is 1.37. The number of quaternary nitrogens is 1. The largest absolute Gasteiger partial charge is 0.213 e. The first-order valence-electron chi connectivity index (χ1n) is 1.28.